The molecule has 102 valence electrons. The second kappa shape index (κ2) is 5.83. The number of rotatable bonds is 5. The van der Waals surface area contributed by atoms with Crippen LogP contribution < -0.4 is 5.73 Å². The Labute approximate surface area is 110 Å². The molecule has 4 nitrogen and oxygen atoms in total. The second-order valence-electron chi connectivity index (χ2n) is 5.81. The van der Waals surface area contributed by atoms with Crippen LogP contribution in [-0.4, -0.2) is 20.3 Å². The van der Waals surface area contributed by atoms with Crippen molar-refractivity contribution in [3.05, 3.63) is 12.2 Å². The summed E-state index contributed by atoms with van der Waals surface area (Å²) in [5, 5.41) is 4.29. The molecule has 0 aliphatic heterocycles. The maximum absolute atomic E-state index is 6.60. The third kappa shape index (κ3) is 3.10. The van der Waals surface area contributed by atoms with Crippen LogP contribution in [0.5, 0.6) is 0 Å². The molecule has 0 aromatic carbocycles. The van der Waals surface area contributed by atoms with Crippen molar-refractivity contribution in [1.29, 1.82) is 0 Å². The summed E-state index contributed by atoms with van der Waals surface area (Å²) in [5.74, 6) is 1.86. The monoisotopic (exact) mass is 250 g/mol. The van der Waals surface area contributed by atoms with Crippen LogP contribution in [0.1, 0.15) is 58.2 Å². The summed E-state index contributed by atoms with van der Waals surface area (Å²) >= 11 is 0. The van der Waals surface area contributed by atoms with Gasteiger partial charge in [0.15, 0.2) is 0 Å². The first kappa shape index (κ1) is 13.5. The Morgan fingerprint density at radius 1 is 1.50 bits per heavy atom. The standard InChI is InChI=1S/C14H26N4/c1-3-8-18-13(16-11-17-18)10-14(15)7-5-6-12(4-2)9-14/h11-12H,3-10,15H2,1-2H3. The van der Waals surface area contributed by atoms with E-state index in [1.54, 1.807) is 6.33 Å². The van der Waals surface area contributed by atoms with Crippen molar-refractivity contribution >= 4 is 0 Å². The zero-order chi connectivity index (χ0) is 13.0. The normalized spacial score (nSPS) is 28.5. The van der Waals surface area contributed by atoms with Gasteiger partial charge in [-0.15, -0.1) is 0 Å². The van der Waals surface area contributed by atoms with Gasteiger partial charge in [0, 0.05) is 18.5 Å². The van der Waals surface area contributed by atoms with Gasteiger partial charge in [0.2, 0.25) is 0 Å². The van der Waals surface area contributed by atoms with Gasteiger partial charge in [0.05, 0.1) is 0 Å². The summed E-state index contributed by atoms with van der Waals surface area (Å²) in [6.45, 7) is 5.38. The van der Waals surface area contributed by atoms with Gasteiger partial charge in [0.25, 0.3) is 0 Å². The first-order valence-corrected chi connectivity index (χ1v) is 7.32. The topological polar surface area (TPSA) is 56.7 Å². The summed E-state index contributed by atoms with van der Waals surface area (Å²) in [6, 6.07) is 0. The van der Waals surface area contributed by atoms with Crippen molar-refractivity contribution in [3.8, 4) is 0 Å². The summed E-state index contributed by atoms with van der Waals surface area (Å²) in [5.41, 5.74) is 6.54. The van der Waals surface area contributed by atoms with E-state index in [0.717, 1.165) is 44.0 Å². The average Bonchev–Trinajstić information content (AvgIpc) is 2.76. The maximum Gasteiger partial charge on any atom is 0.138 e. The molecule has 2 atom stereocenters. The highest BCUT2D eigenvalue weighted by Gasteiger charge is 2.33. The molecule has 0 radical (unpaired) electrons. The van der Waals surface area contributed by atoms with Crippen LogP contribution in [0.15, 0.2) is 6.33 Å². The van der Waals surface area contributed by atoms with Crippen molar-refractivity contribution in [3.63, 3.8) is 0 Å². The van der Waals surface area contributed by atoms with Crippen LogP contribution >= 0.6 is 0 Å². The molecule has 0 saturated heterocycles. The first-order chi connectivity index (χ1) is 8.67. The highest BCUT2D eigenvalue weighted by molar-refractivity contribution is 5.00. The van der Waals surface area contributed by atoms with Crippen molar-refractivity contribution in [2.24, 2.45) is 11.7 Å². The smallest absolute Gasteiger partial charge is 0.138 e. The van der Waals surface area contributed by atoms with E-state index >= 15 is 0 Å². The van der Waals surface area contributed by atoms with Crippen LogP contribution in [0.25, 0.3) is 0 Å². The minimum atomic E-state index is -0.0581. The Balaban J connectivity index is 2.04. The molecule has 1 saturated carbocycles. The van der Waals surface area contributed by atoms with Gasteiger partial charge in [-0.05, 0) is 25.2 Å². The molecule has 1 aliphatic carbocycles. The number of nitrogens with zero attached hydrogens (tertiary/aromatic N) is 3. The Hall–Kier alpha value is -0.900. The lowest BCUT2D eigenvalue weighted by Gasteiger charge is -2.37. The van der Waals surface area contributed by atoms with Crippen molar-refractivity contribution in [2.45, 2.75) is 70.9 Å². The van der Waals surface area contributed by atoms with Crippen molar-refractivity contribution in [1.82, 2.24) is 14.8 Å². The molecule has 1 fully saturated rings. The summed E-state index contributed by atoms with van der Waals surface area (Å²) in [4.78, 5) is 4.40. The average molecular weight is 250 g/mol. The SMILES string of the molecule is CCCn1ncnc1CC1(N)CCCC(CC)C1. The van der Waals surface area contributed by atoms with Gasteiger partial charge in [0.1, 0.15) is 12.2 Å². The molecule has 2 N–H and O–H groups in total. The van der Waals surface area contributed by atoms with Gasteiger partial charge < -0.3 is 5.73 Å². The third-order valence-corrected chi connectivity index (χ3v) is 4.20. The number of nitrogens with two attached hydrogens (primary N) is 1. The lowest BCUT2D eigenvalue weighted by Crippen LogP contribution is -2.46. The Morgan fingerprint density at radius 2 is 2.33 bits per heavy atom. The molecule has 1 heterocycles. The van der Waals surface area contributed by atoms with E-state index in [2.05, 4.69) is 23.9 Å². The van der Waals surface area contributed by atoms with E-state index in [0.29, 0.717) is 0 Å². The third-order valence-electron chi connectivity index (χ3n) is 4.20. The lowest BCUT2D eigenvalue weighted by atomic mass is 9.73. The molecule has 2 unspecified atom stereocenters. The van der Waals surface area contributed by atoms with E-state index in [1.165, 1.54) is 19.3 Å². The van der Waals surface area contributed by atoms with Crippen LogP contribution in [0, 0.1) is 5.92 Å². The Morgan fingerprint density at radius 3 is 3.06 bits per heavy atom. The molecule has 4 heteroatoms. The zero-order valence-electron chi connectivity index (χ0n) is 11.7. The van der Waals surface area contributed by atoms with E-state index in [-0.39, 0.29) is 5.54 Å². The highest BCUT2D eigenvalue weighted by atomic mass is 15.3. The fraction of sp³-hybridized carbons (Fsp3) is 0.857. The largest absolute Gasteiger partial charge is 0.325 e. The van der Waals surface area contributed by atoms with Gasteiger partial charge in [-0.3, -0.25) is 4.68 Å². The predicted molar refractivity (Wildman–Crippen MR) is 73.2 cm³/mol. The maximum atomic E-state index is 6.60. The van der Waals surface area contributed by atoms with E-state index < -0.39 is 0 Å². The lowest BCUT2D eigenvalue weighted by molar-refractivity contribution is 0.213. The number of hydrogen-bond donors (Lipinski definition) is 1. The van der Waals surface area contributed by atoms with Crippen LogP contribution in [-0.2, 0) is 13.0 Å². The minimum Gasteiger partial charge on any atom is -0.325 e. The molecule has 0 spiro atoms. The van der Waals surface area contributed by atoms with Crippen LogP contribution in [0.3, 0.4) is 0 Å². The Kier molecular flexibility index (Phi) is 4.38. The molecule has 0 bridgehead atoms. The predicted octanol–water partition coefficient (Wildman–Crippen LogP) is 2.53. The summed E-state index contributed by atoms with van der Waals surface area (Å²) in [7, 11) is 0. The van der Waals surface area contributed by atoms with Gasteiger partial charge in [-0.1, -0.05) is 33.1 Å². The van der Waals surface area contributed by atoms with E-state index in [9.17, 15) is 0 Å². The number of hydrogen-bond acceptors (Lipinski definition) is 3. The molecule has 1 aromatic heterocycles. The molecular weight excluding hydrogens is 224 g/mol. The van der Waals surface area contributed by atoms with E-state index in [4.69, 9.17) is 5.73 Å². The molecule has 18 heavy (non-hydrogen) atoms. The van der Waals surface area contributed by atoms with Crippen molar-refractivity contribution < 1.29 is 0 Å². The minimum absolute atomic E-state index is 0.0581. The fourth-order valence-electron chi connectivity index (χ4n) is 3.17. The number of aromatic nitrogens is 3. The first-order valence-electron chi connectivity index (χ1n) is 7.32. The van der Waals surface area contributed by atoms with Gasteiger partial charge in [-0.25, -0.2) is 4.98 Å². The second-order valence-corrected chi connectivity index (χ2v) is 5.81. The quantitative estimate of drug-likeness (QED) is 0.873. The van der Waals surface area contributed by atoms with Crippen molar-refractivity contribution in [2.75, 3.05) is 0 Å². The zero-order valence-corrected chi connectivity index (χ0v) is 11.7. The summed E-state index contributed by atoms with van der Waals surface area (Å²) < 4.78 is 2.02. The molecular formula is C14H26N4. The Bertz CT molecular complexity index is 374. The summed E-state index contributed by atoms with van der Waals surface area (Å²) in [6.07, 6.45) is 9.75. The molecule has 0 amide bonds. The number of aryl methyl sites for hydroxylation is 1. The van der Waals surface area contributed by atoms with Crippen LogP contribution in [0.4, 0.5) is 0 Å². The highest BCUT2D eigenvalue weighted by Crippen LogP contribution is 2.34. The van der Waals surface area contributed by atoms with E-state index in [1.807, 2.05) is 4.68 Å². The fourth-order valence-corrected chi connectivity index (χ4v) is 3.17. The van der Waals surface area contributed by atoms with Gasteiger partial charge >= 0.3 is 0 Å². The van der Waals surface area contributed by atoms with Gasteiger partial charge in [-0.2, -0.15) is 5.10 Å². The molecule has 2 rings (SSSR count). The van der Waals surface area contributed by atoms with Crippen LogP contribution in [0.2, 0.25) is 0 Å². The molecule has 1 aliphatic rings. The molecule has 1 aromatic rings.